The van der Waals surface area contributed by atoms with Crippen LogP contribution < -0.4 is 5.32 Å². The number of rotatable bonds is 7. The summed E-state index contributed by atoms with van der Waals surface area (Å²) in [6.45, 7) is 11.8. The van der Waals surface area contributed by atoms with Gasteiger partial charge < -0.3 is 10.1 Å². The van der Waals surface area contributed by atoms with Crippen LogP contribution in [0.3, 0.4) is 0 Å². The fourth-order valence-corrected chi connectivity index (χ4v) is 3.91. The molecule has 140 valence electrons. The summed E-state index contributed by atoms with van der Waals surface area (Å²) in [7, 11) is 2.09. The van der Waals surface area contributed by atoms with Crippen LogP contribution in [0.25, 0.3) is 0 Å². The normalized spacial score (nSPS) is 29.2. The van der Waals surface area contributed by atoms with Crippen LogP contribution in [0, 0.1) is 11.8 Å². The minimum atomic E-state index is 0.126. The van der Waals surface area contributed by atoms with Gasteiger partial charge in [0.25, 0.3) is 0 Å². The minimum Gasteiger partial charge on any atom is -0.374 e. The first-order valence-electron chi connectivity index (χ1n) is 9.75. The Balaban J connectivity index is 1.65. The lowest BCUT2D eigenvalue weighted by atomic mass is 9.87. The molecule has 1 N–H and O–H groups in total. The van der Waals surface area contributed by atoms with Crippen molar-refractivity contribution >= 4 is 5.91 Å². The van der Waals surface area contributed by atoms with Gasteiger partial charge in [-0.3, -0.25) is 14.6 Å². The third-order valence-corrected chi connectivity index (χ3v) is 5.37. The number of ether oxygens (including phenoxy) is 1. The summed E-state index contributed by atoms with van der Waals surface area (Å²) in [5, 5.41) is 3.07. The maximum absolute atomic E-state index is 12.2. The second kappa shape index (κ2) is 9.73. The Morgan fingerprint density at radius 1 is 1.29 bits per heavy atom. The zero-order valence-corrected chi connectivity index (χ0v) is 16.1. The molecular weight excluding hydrogens is 302 g/mol. The second-order valence-electron chi connectivity index (χ2n) is 8.28. The van der Waals surface area contributed by atoms with Crippen LogP contribution >= 0.6 is 0 Å². The average molecular weight is 340 g/mol. The summed E-state index contributed by atoms with van der Waals surface area (Å²) < 4.78 is 5.80. The van der Waals surface area contributed by atoms with E-state index in [1.54, 1.807) is 0 Å². The number of nitrogens with zero attached hydrogens (tertiary/aromatic N) is 2. The minimum absolute atomic E-state index is 0.126. The highest BCUT2D eigenvalue weighted by atomic mass is 16.5. The van der Waals surface area contributed by atoms with Crippen LogP contribution in [-0.2, 0) is 9.53 Å². The molecule has 1 unspecified atom stereocenters. The van der Waals surface area contributed by atoms with Crippen molar-refractivity contribution in [2.24, 2.45) is 11.8 Å². The third-order valence-electron chi connectivity index (χ3n) is 5.37. The van der Waals surface area contributed by atoms with E-state index in [0.717, 1.165) is 32.2 Å². The molecule has 2 rings (SSSR count). The smallest absolute Gasteiger partial charge is 0.234 e. The van der Waals surface area contributed by atoms with Gasteiger partial charge in [-0.15, -0.1) is 0 Å². The molecule has 0 spiro atoms. The number of carbonyl (C=O) groups is 1. The van der Waals surface area contributed by atoms with Crippen LogP contribution in [0.2, 0.25) is 0 Å². The zero-order valence-electron chi connectivity index (χ0n) is 16.1. The highest BCUT2D eigenvalue weighted by Gasteiger charge is 2.24. The lowest BCUT2D eigenvalue weighted by Gasteiger charge is -2.34. The first-order chi connectivity index (χ1) is 11.4. The van der Waals surface area contributed by atoms with Gasteiger partial charge in [-0.05, 0) is 44.6 Å². The van der Waals surface area contributed by atoms with Gasteiger partial charge in [0, 0.05) is 32.2 Å². The van der Waals surface area contributed by atoms with E-state index in [-0.39, 0.29) is 12.0 Å². The van der Waals surface area contributed by atoms with Crippen LogP contribution in [0.5, 0.6) is 0 Å². The highest BCUT2D eigenvalue weighted by molar-refractivity contribution is 5.78. The van der Waals surface area contributed by atoms with Gasteiger partial charge in [0.2, 0.25) is 5.91 Å². The Bertz CT molecular complexity index is 381. The van der Waals surface area contributed by atoms with Gasteiger partial charge in [0.15, 0.2) is 0 Å². The van der Waals surface area contributed by atoms with Crippen LogP contribution in [0.4, 0.5) is 0 Å². The van der Waals surface area contributed by atoms with E-state index in [1.165, 1.54) is 25.7 Å². The van der Waals surface area contributed by atoms with Gasteiger partial charge >= 0.3 is 0 Å². The Hall–Kier alpha value is -0.650. The zero-order chi connectivity index (χ0) is 17.5. The van der Waals surface area contributed by atoms with Crippen molar-refractivity contribution in [3.8, 4) is 0 Å². The van der Waals surface area contributed by atoms with Crippen molar-refractivity contribution < 1.29 is 9.53 Å². The van der Waals surface area contributed by atoms with Crippen LogP contribution in [-0.4, -0.2) is 74.2 Å². The van der Waals surface area contributed by atoms with E-state index in [0.29, 0.717) is 25.0 Å². The van der Waals surface area contributed by atoms with Gasteiger partial charge in [0.1, 0.15) is 0 Å². The molecule has 2 aliphatic rings. The molecule has 24 heavy (non-hydrogen) atoms. The Morgan fingerprint density at radius 3 is 2.67 bits per heavy atom. The van der Waals surface area contributed by atoms with Gasteiger partial charge in [0.05, 0.1) is 19.3 Å². The first kappa shape index (κ1) is 19.7. The maximum atomic E-state index is 12.2. The molecule has 1 heterocycles. The standard InChI is InChI=1S/C19H37N3O2/c1-15(2)12-22-9-10-24-18(13-22)11-20-19(23)14-21(4)17-7-5-16(3)6-8-17/h15-18H,5-14H2,1-4H3,(H,20,23). The van der Waals surface area contributed by atoms with E-state index in [2.05, 4.69) is 42.9 Å². The third kappa shape index (κ3) is 6.69. The molecule has 5 heteroatoms. The molecule has 0 aromatic carbocycles. The largest absolute Gasteiger partial charge is 0.374 e. The van der Waals surface area contributed by atoms with Crippen molar-refractivity contribution in [2.75, 3.05) is 46.4 Å². The molecule has 0 radical (unpaired) electrons. The van der Waals surface area contributed by atoms with E-state index < -0.39 is 0 Å². The predicted molar refractivity (Wildman–Crippen MR) is 98.1 cm³/mol. The van der Waals surface area contributed by atoms with Crippen LogP contribution in [0.1, 0.15) is 46.5 Å². The lowest BCUT2D eigenvalue weighted by molar-refractivity contribution is -0.123. The molecule has 2 fully saturated rings. The molecule has 1 amide bonds. The fraction of sp³-hybridized carbons (Fsp3) is 0.947. The SMILES string of the molecule is CC(C)CN1CCOC(CNC(=O)CN(C)C2CCC(C)CC2)C1. The summed E-state index contributed by atoms with van der Waals surface area (Å²) in [4.78, 5) is 16.9. The van der Waals surface area contributed by atoms with E-state index in [9.17, 15) is 4.79 Å². The molecule has 0 bridgehead atoms. The van der Waals surface area contributed by atoms with E-state index in [4.69, 9.17) is 4.74 Å². The monoisotopic (exact) mass is 339 g/mol. The number of hydrogen-bond acceptors (Lipinski definition) is 4. The van der Waals surface area contributed by atoms with Crippen molar-refractivity contribution in [3.05, 3.63) is 0 Å². The first-order valence-corrected chi connectivity index (χ1v) is 9.75. The predicted octanol–water partition coefficient (Wildman–Crippen LogP) is 1.97. The summed E-state index contributed by atoms with van der Waals surface area (Å²) >= 11 is 0. The number of hydrogen-bond donors (Lipinski definition) is 1. The molecule has 1 aliphatic carbocycles. The highest BCUT2D eigenvalue weighted by Crippen LogP contribution is 2.26. The quantitative estimate of drug-likeness (QED) is 0.770. The Morgan fingerprint density at radius 2 is 2.00 bits per heavy atom. The van der Waals surface area contributed by atoms with Crippen LogP contribution in [0.15, 0.2) is 0 Å². The Labute approximate surface area is 148 Å². The topological polar surface area (TPSA) is 44.8 Å². The van der Waals surface area contributed by atoms with Crippen molar-refractivity contribution in [2.45, 2.75) is 58.6 Å². The van der Waals surface area contributed by atoms with Crippen molar-refractivity contribution in [3.63, 3.8) is 0 Å². The lowest BCUT2D eigenvalue weighted by Crippen LogP contribution is -2.50. The second-order valence-corrected chi connectivity index (χ2v) is 8.28. The number of likely N-dealkylation sites (N-methyl/N-ethyl adjacent to an activating group) is 1. The molecular formula is C19H37N3O2. The van der Waals surface area contributed by atoms with Gasteiger partial charge in [-0.2, -0.15) is 0 Å². The summed E-state index contributed by atoms with van der Waals surface area (Å²) in [6.07, 6.45) is 5.15. The number of morpholine rings is 1. The summed E-state index contributed by atoms with van der Waals surface area (Å²) in [5.41, 5.74) is 0. The van der Waals surface area contributed by atoms with E-state index >= 15 is 0 Å². The number of amides is 1. The molecule has 0 aromatic heterocycles. The average Bonchev–Trinajstić information content (AvgIpc) is 2.53. The van der Waals surface area contributed by atoms with Crippen molar-refractivity contribution in [1.82, 2.24) is 15.1 Å². The Kier molecular flexibility index (Phi) is 7.98. The maximum Gasteiger partial charge on any atom is 0.234 e. The summed E-state index contributed by atoms with van der Waals surface area (Å²) in [5.74, 6) is 1.65. The molecule has 0 aromatic rings. The molecule has 1 saturated heterocycles. The van der Waals surface area contributed by atoms with Crippen molar-refractivity contribution in [1.29, 1.82) is 0 Å². The molecule has 1 saturated carbocycles. The molecule has 5 nitrogen and oxygen atoms in total. The molecule has 1 atom stereocenters. The molecule has 1 aliphatic heterocycles. The number of nitrogens with one attached hydrogen (secondary N) is 1. The number of carbonyl (C=O) groups excluding carboxylic acids is 1. The fourth-order valence-electron chi connectivity index (χ4n) is 3.91. The van der Waals surface area contributed by atoms with Gasteiger partial charge in [-0.25, -0.2) is 0 Å². The van der Waals surface area contributed by atoms with E-state index in [1.807, 2.05) is 0 Å². The summed E-state index contributed by atoms with van der Waals surface area (Å²) in [6, 6.07) is 0.569. The van der Waals surface area contributed by atoms with Gasteiger partial charge in [-0.1, -0.05) is 20.8 Å².